The summed E-state index contributed by atoms with van der Waals surface area (Å²) in [5.41, 5.74) is 58.3. The fraction of sp³-hybridized carbons (Fsp3) is 0.643. The summed E-state index contributed by atoms with van der Waals surface area (Å²) < 4.78 is 0. The number of hydrogen-bond donors (Lipinski definition) is 30. The molecule has 15 atom stereocenters. The van der Waals surface area contributed by atoms with Crippen molar-refractivity contribution in [1.29, 1.82) is 10.8 Å². The van der Waals surface area contributed by atoms with Gasteiger partial charge < -0.3 is 152 Å². The average Bonchev–Trinajstić information content (AvgIpc) is 0.875. The largest absolute Gasteiger partial charge is 0.370 e. The van der Waals surface area contributed by atoms with Gasteiger partial charge >= 0.3 is 0 Å². The summed E-state index contributed by atoms with van der Waals surface area (Å²) in [4.78, 5) is 239. The van der Waals surface area contributed by atoms with E-state index in [-0.39, 0.29) is 147 Å². The van der Waals surface area contributed by atoms with Gasteiger partial charge in [0.05, 0.1) is 43.0 Å². The number of aromatic nitrogens is 4. The summed E-state index contributed by atoms with van der Waals surface area (Å²) >= 11 is 0. The first-order chi connectivity index (χ1) is 62.9. The summed E-state index contributed by atoms with van der Waals surface area (Å²) in [5.74, 6) is -15.6. The second kappa shape index (κ2) is 63.5. The van der Waals surface area contributed by atoms with Gasteiger partial charge in [-0.1, -0.05) is 70.9 Å². The fourth-order valence-electron chi connectivity index (χ4n) is 13.7. The van der Waals surface area contributed by atoms with E-state index >= 15 is 4.79 Å². The predicted octanol–water partition coefficient (Wildman–Crippen LogP) is -7.45. The lowest BCUT2D eigenvalue weighted by molar-refractivity contribution is -0.136. The molecule has 3 rings (SSSR count). The first kappa shape index (κ1) is 114. The summed E-state index contributed by atoms with van der Waals surface area (Å²) in [6, 6.07) is -10.6. The Morgan fingerprint density at radius 1 is 0.371 bits per heavy atom. The van der Waals surface area contributed by atoms with Crippen LogP contribution in [0.3, 0.4) is 0 Å². The molecule has 2 heterocycles. The summed E-state index contributed by atoms with van der Waals surface area (Å²) in [6.45, 7) is 8.84. The molecule has 40 N–H and O–H groups in total. The molecule has 16 amide bonds. The average molecular weight is 1860 g/mol. The molecular formula is C84H146N32O16. The molecule has 0 radical (unpaired) electrons. The van der Waals surface area contributed by atoms with Crippen molar-refractivity contribution in [3.63, 3.8) is 0 Å². The Hall–Kier alpha value is -12.5. The van der Waals surface area contributed by atoms with E-state index in [0.717, 1.165) is 0 Å². The Balaban J connectivity index is 1.92. The van der Waals surface area contributed by atoms with Gasteiger partial charge in [0, 0.05) is 44.7 Å². The van der Waals surface area contributed by atoms with E-state index in [2.05, 4.69) is 105 Å². The van der Waals surface area contributed by atoms with E-state index in [9.17, 15) is 71.9 Å². The first-order valence-corrected chi connectivity index (χ1v) is 45.1. The van der Waals surface area contributed by atoms with Gasteiger partial charge in [0.15, 0.2) is 11.9 Å². The second-order valence-corrected chi connectivity index (χ2v) is 33.0. The van der Waals surface area contributed by atoms with Gasteiger partial charge in [-0.25, -0.2) is 9.97 Å². The number of benzene rings is 1. The number of primary amides is 2. The topological polar surface area (TPSA) is 831 Å². The van der Waals surface area contributed by atoms with Crippen LogP contribution in [-0.2, 0) is 96.0 Å². The molecule has 0 saturated heterocycles. The summed E-state index contributed by atoms with van der Waals surface area (Å²) in [7, 11) is 0. The van der Waals surface area contributed by atoms with Crippen LogP contribution in [-0.4, -0.2) is 263 Å². The summed E-state index contributed by atoms with van der Waals surface area (Å²) in [6.07, 6.45) is 8.94. The quantitative estimate of drug-likeness (QED) is 0.0142. The lowest BCUT2D eigenvalue weighted by Gasteiger charge is -2.29. The van der Waals surface area contributed by atoms with Crippen LogP contribution in [0, 0.1) is 22.7 Å². The standard InChI is InChI=1S/C84H146N32O16/c1-6-49(4)68(82(132)101-45-67(118)104-50(5)70(120)112-64(40-52-43-97-46-102-52)80(130)110-59(29-20-36-99-83(93)94)74(124)105-55(25-11-16-32-86)72(122)107-60(30-21-37-100-84(95)96)75(125)111-61(69(92)119)42-66(91)117)116-77(127)58(28-14-19-35-89)106-73(123)56(26-12-17-33-87)108-79(129)63(39-51-22-8-7-9-23-51)115-78(128)62(38-48(2)3)114-76(126)57(27-13-18-34-88)109-81(131)65(41-53-44-98-47-103-53)113-71(121)54(90)24-10-15-31-85/h7-9,22-23,43-44,46-50,54-65,68H,6,10-21,24-42,45,85-90H2,1-5H3,(H2,91,117)(H2,92,119)(H,97,102)(H,98,103)(H,101,132)(H,104,118)(H,105,124)(H,106,123)(H,107,122)(H,108,129)(H,109,131)(H,110,130)(H,111,125)(H,112,120)(H,113,121)(H,114,126)(H,115,128)(H,116,127)(H4,93,94,99)(H4,95,96,100)/t49-,50-,54-,55-,56-,57-,58-,59-,60-,61-,62-,63-,64-,65-,68-/m0/s1. The predicted molar refractivity (Wildman–Crippen MR) is 491 cm³/mol. The van der Waals surface area contributed by atoms with Crippen molar-refractivity contribution in [3.8, 4) is 0 Å². The lowest BCUT2D eigenvalue weighted by atomic mass is 9.97. The molecule has 0 fully saturated rings. The Morgan fingerprint density at radius 3 is 1.06 bits per heavy atom. The number of rotatable bonds is 69. The Labute approximate surface area is 769 Å². The van der Waals surface area contributed by atoms with Crippen molar-refractivity contribution in [1.82, 2.24) is 105 Å². The van der Waals surface area contributed by atoms with E-state index < -0.39 is 204 Å². The number of hydrogen-bond acceptors (Lipinski definition) is 26. The van der Waals surface area contributed by atoms with Crippen molar-refractivity contribution in [2.45, 2.75) is 280 Å². The molecule has 48 nitrogen and oxygen atoms in total. The number of carbonyl (C=O) groups is 16. The highest BCUT2D eigenvalue weighted by molar-refractivity contribution is 6.01. The molecule has 0 aliphatic carbocycles. The van der Waals surface area contributed by atoms with Crippen molar-refractivity contribution >= 4 is 106 Å². The molecule has 2 aromatic heterocycles. The maximum Gasteiger partial charge on any atom is 0.243 e. The zero-order chi connectivity index (χ0) is 98.2. The van der Waals surface area contributed by atoms with Gasteiger partial charge in [-0.15, -0.1) is 0 Å². The van der Waals surface area contributed by atoms with Crippen LogP contribution in [0.4, 0.5) is 0 Å². The number of amides is 16. The maximum absolute atomic E-state index is 15.0. The number of H-pyrrole nitrogens is 2. The van der Waals surface area contributed by atoms with Crippen LogP contribution in [0.2, 0.25) is 0 Å². The van der Waals surface area contributed by atoms with Crippen LogP contribution < -0.4 is 142 Å². The molecule has 0 spiro atoms. The normalized spacial score (nSPS) is 14.5. The highest BCUT2D eigenvalue weighted by atomic mass is 16.2. The van der Waals surface area contributed by atoms with Crippen molar-refractivity contribution in [3.05, 3.63) is 72.3 Å². The molecule has 0 saturated carbocycles. The molecule has 132 heavy (non-hydrogen) atoms. The first-order valence-electron chi connectivity index (χ1n) is 45.1. The number of nitrogens with one attached hydrogen (secondary N) is 20. The van der Waals surface area contributed by atoms with Gasteiger partial charge in [0.25, 0.3) is 0 Å². The number of aromatic amines is 2. The minimum atomic E-state index is -1.57. The molecule has 0 aliphatic heterocycles. The summed E-state index contributed by atoms with van der Waals surface area (Å²) in [5, 5.41) is 57.5. The SMILES string of the molecule is CC[C@H](C)[C@H](NC(=O)[C@H](CCCCN)NC(=O)[C@H](CCCCN)NC(=O)[C@H](Cc1ccccc1)NC(=O)[C@H](CC(C)C)NC(=O)[C@H](CCCCN)NC(=O)[C@H](Cc1c[nH]cn1)NC(=O)[C@@H](N)CCCCN)C(=O)NCC(=O)N[C@@H](C)C(=O)N[C@@H](Cc1c[nH]cn1)C(=O)N[C@@H](CCCNC(=N)N)C(=O)N[C@@H](CCCCN)C(=O)N[C@@H](CCCNC(=N)N)C(=O)N[C@@H](CC(N)=O)C(N)=O. The number of nitrogens with two attached hydrogens (primary N) is 10. The van der Waals surface area contributed by atoms with Crippen molar-refractivity contribution < 1.29 is 76.7 Å². The lowest BCUT2D eigenvalue weighted by Crippen LogP contribution is -2.61. The molecular weight excluding hydrogens is 1710 g/mol. The number of imidazole rings is 2. The van der Waals surface area contributed by atoms with Gasteiger partial charge in [-0.3, -0.25) is 87.5 Å². The zero-order valence-corrected chi connectivity index (χ0v) is 76.5. The highest BCUT2D eigenvalue weighted by Gasteiger charge is 2.39. The minimum Gasteiger partial charge on any atom is -0.370 e. The van der Waals surface area contributed by atoms with E-state index in [1.54, 1.807) is 50.4 Å². The molecule has 3 aromatic rings. The molecule has 0 aliphatic rings. The molecule has 738 valence electrons. The third-order valence-corrected chi connectivity index (χ3v) is 21.4. The van der Waals surface area contributed by atoms with Crippen molar-refractivity contribution in [2.75, 3.05) is 52.4 Å². The van der Waals surface area contributed by atoms with Gasteiger partial charge in [0.1, 0.15) is 78.5 Å². The Bertz CT molecular complexity index is 4110. The van der Waals surface area contributed by atoms with E-state index in [0.29, 0.717) is 82.0 Å². The van der Waals surface area contributed by atoms with Crippen LogP contribution in [0.1, 0.15) is 193 Å². The smallest absolute Gasteiger partial charge is 0.243 e. The van der Waals surface area contributed by atoms with Crippen LogP contribution in [0.5, 0.6) is 0 Å². The minimum absolute atomic E-state index is 0.0177. The number of carbonyl (C=O) groups excluding carboxylic acids is 16. The van der Waals surface area contributed by atoms with E-state index in [4.69, 9.17) is 68.2 Å². The molecule has 0 unspecified atom stereocenters. The molecule has 48 heteroatoms. The monoisotopic (exact) mass is 1860 g/mol. The second-order valence-electron chi connectivity index (χ2n) is 33.0. The number of nitrogens with zero attached hydrogens (tertiary/aromatic N) is 2. The molecule has 1 aromatic carbocycles. The van der Waals surface area contributed by atoms with E-state index in [1.165, 1.54) is 25.8 Å². The van der Waals surface area contributed by atoms with E-state index in [1.807, 2.05) is 13.8 Å². The molecule has 0 bridgehead atoms. The van der Waals surface area contributed by atoms with Gasteiger partial charge in [-0.2, -0.15) is 0 Å². The van der Waals surface area contributed by atoms with Crippen molar-refractivity contribution in [2.24, 2.45) is 69.2 Å². The number of guanidine groups is 2. The Kier molecular flexibility index (Phi) is 54.6. The van der Waals surface area contributed by atoms with Crippen LogP contribution in [0.15, 0.2) is 55.4 Å². The number of unbranched alkanes of at least 4 members (excludes halogenated alkanes) is 5. The third-order valence-electron chi connectivity index (χ3n) is 21.4. The Morgan fingerprint density at radius 2 is 0.705 bits per heavy atom. The van der Waals surface area contributed by atoms with Crippen LogP contribution >= 0.6 is 0 Å². The highest BCUT2D eigenvalue weighted by Crippen LogP contribution is 2.17. The van der Waals surface area contributed by atoms with Gasteiger partial charge in [0.2, 0.25) is 94.5 Å². The zero-order valence-electron chi connectivity index (χ0n) is 76.5. The maximum atomic E-state index is 15.0. The van der Waals surface area contributed by atoms with Gasteiger partial charge in [-0.05, 0) is 179 Å². The third kappa shape index (κ3) is 45.3. The van der Waals surface area contributed by atoms with Crippen LogP contribution in [0.25, 0.3) is 0 Å². The fourth-order valence-corrected chi connectivity index (χ4v) is 13.7.